The number of nitrogens with zero attached hydrogens (tertiary/aromatic N) is 3. The number of aromatic nitrogens is 1. The summed E-state index contributed by atoms with van der Waals surface area (Å²) in [6, 6.07) is 17.3. The maximum atomic E-state index is 12.9. The van der Waals surface area contributed by atoms with Gasteiger partial charge in [0.2, 0.25) is 5.88 Å². The summed E-state index contributed by atoms with van der Waals surface area (Å²) in [4.78, 5) is 30.9. The highest BCUT2D eigenvalue weighted by atomic mass is 16.5. The van der Waals surface area contributed by atoms with Crippen molar-refractivity contribution < 1.29 is 19.1 Å². The largest absolute Gasteiger partial charge is 0.481 e. The van der Waals surface area contributed by atoms with E-state index < -0.39 is 12.0 Å². The number of hydrogen-bond donors (Lipinski definition) is 2. The number of amides is 2. The van der Waals surface area contributed by atoms with Crippen LogP contribution in [0, 0.1) is 0 Å². The molecular weight excluding hydrogens is 422 g/mol. The Bertz CT molecular complexity index is 1100. The number of carbonyl (C=O) groups is 2. The van der Waals surface area contributed by atoms with Crippen LogP contribution in [0.3, 0.4) is 0 Å². The third-order valence-corrected chi connectivity index (χ3v) is 4.77. The monoisotopic (exact) mass is 449 g/mol. The van der Waals surface area contributed by atoms with E-state index in [0.717, 1.165) is 16.1 Å². The summed E-state index contributed by atoms with van der Waals surface area (Å²) in [5.41, 5.74) is 2.99. The van der Waals surface area contributed by atoms with Crippen molar-refractivity contribution in [2.45, 2.75) is 0 Å². The number of nitrogens with one attached hydrogen (secondary N) is 1. The zero-order valence-electron chi connectivity index (χ0n) is 18.8. The first-order valence-corrected chi connectivity index (χ1v) is 10.3. The van der Waals surface area contributed by atoms with Crippen molar-refractivity contribution in [3.8, 4) is 17.0 Å². The molecule has 9 heteroatoms. The van der Waals surface area contributed by atoms with E-state index in [-0.39, 0.29) is 6.61 Å². The summed E-state index contributed by atoms with van der Waals surface area (Å²) in [5, 5.41) is 3.70. The van der Waals surface area contributed by atoms with E-state index in [0.29, 0.717) is 29.4 Å². The lowest BCUT2D eigenvalue weighted by Crippen LogP contribution is -2.37. The molecule has 9 nitrogen and oxygen atoms in total. The lowest BCUT2D eigenvalue weighted by Gasteiger charge is -2.18. The summed E-state index contributed by atoms with van der Waals surface area (Å²) in [6.07, 6.45) is 1.09. The number of nitrogens with two attached hydrogens (primary N) is 1. The van der Waals surface area contributed by atoms with Gasteiger partial charge in [0.1, 0.15) is 6.61 Å². The Morgan fingerprint density at radius 2 is 1.82 bits per heavy atom. The second-order valence-corrected chi connectivity index (χ2v) is 7.43. The third-order valence-electron chi connectivity index (χ3n) is 4.77. The second-order valence-electron chi connectivity index (χ2n) is 7.43. The number of anilines is 2. The van der Waals surface area contributed by atoms with Crippen LogP contribution in [0.25, 0.3) is 11.1 Å². The number of pyridine rings is 1. The van der Waals surface area contributed by atoms with Crippen LogP contribution < -0.4 is 20.9 Å². The summed E-state index contributed by atoms with van der Waals surface area (Å²) >= 11 is 0. The number of hydrazine groups is 1. The Morgan fingerprint density at radius 3 is 2.52 bits per heavy atom. The highest BCUT2D eigenvalue weighted by molar-refractivity contribution is 6.05. The van der Waals surface area contributed by atoms with Gasteiger partial charge in [0.15, 0.2) is 0 Å². The van der Waals surface area contributed by atoms with Crippen LogP contribution in [-0.4, -0.2) is 56.2 Å². The van der Waals surface area contributed by atoms with Crippen molar-refractivity contribution in [1.82, 2.24) is 9.88 Å². The Balaban J connectivity index is 1.68. The minimum absolute atomic E-state index is 0.279. The Hall–Kier alpha value is -3.95. The molecule has 2 amide bonds. The lowest BCUT2D eigenvalue weighted by atomic mass is 10.1. The summed E-state index contributed by atoms with van der Waals surface area (Å²) in [5.74, 6) is 6.21. The van der Waals surface area contributed by atoms with Crippen LogP contribution in [0.5, 0.6) is 5.88 Å². The molecule has 0 aliphatic carbocycles. The van der Waals surface area contributed by atoms with Crippen LogP contribution in [0.15, 0.2) is 66.9 Å². The quantitative estimate of drug-likeness (QED) is 0.308. The number of likely N-dealkylation sites (N-methyl/N-ethyl adjacent to an activating group) is 1. The molecule has 0 radical (unpaired) electrons. The van der Waals surface area contributed by atoms with Crippen molar-refractivity contribution >= 4 is 23.4 Å². The fraction of sp³-hybridized carbons (Fsp3) is 0.208. The van der Waals surface area contributed by atoms with Crippen molar-refractivity contribution in [1.29, 1.82) is 0 Å². The summed E-state index contributed by atoms with van der Waals surface area (Å²) < 4.78 is 10.4. The zero-order chi connectivity index (χ0) is 23.8. The Labute approximate surface area is 192 Å². The molecule has 3 rings (SSSR count). The molecule has 0 spiro atoms. The van der Waals surface area contributed by atoms with Crippen molar-refractivity contribution in [2.24, 2.45) is 5.84 Å². The summed E-state index contributed by atoms with van der Waals surface area (Å²) in [7, 11) is 5.34. The highest BCUT2D eigenvalue weighted by Crippen LogP contribution is 2.30. The predicted molar refractivity (Wildman–Crippen MR) is 127 cm³/mol. The van der Waals surface area contributed by atoms with Gasteiger partial charge in [-0.1, -0.05) is 12.1 Å². The van der Waals surface area contributed by atoms with Crippen LogP contribution >= 0.6 is 0 Å². The number of carbonyl (C=O) groups excluding carboxylic acids is 2. The molecule has 3 N–H and O–H groups in total. The molecule has 0 bridgehead atoms. The lowest BCUT2D eigenvalue weighted by molar-refractivity contribution is 0.0987. The number of ether oxygens (including phenoxy) is 2. The maximum Gasteiger partial charge on any atom is 0.411 e. The molecule has 0 fully saturated rings. The fourth-order valence-electron chi connectivity index (χ4n) is 3.02. The van der Waals surface area contributed by atoms with Gasteiger partial charge in [-0.25, -0.2) is 20.6 Å². The van der Waals surface area contributed by atoms with Crippen LogP contribution in [0.2, 0.25) is 0 Å². The van der Waals surface area contributed by atoms with E-state index >= 15 is 0 Å². The molecule has 0 saturated heterocycles. The number of methoxy groups -OCH3 is 1. The van der Waals surface area contributed by atoms with Gasteiger partial charge < -0.3 is 14.4 Å². The predicted octanol–water partition coefficient (Wildman–Crippen LogP) is 3.39. The fourth-order valence-corrected chi connectivity index (χ4v) is 3.02. The van der Waals surface area contributed by atoms with Gasteiger partial charge in [-0.3, -0.25) is 10.1 Å². The van der Waals surface area contributed by atoms with Crippen molar-refractivity contribution in [2.75, 3.05) is 44.7 Å². The second kappa shape index (κ2) is 11.1. The van der Waals surface area contributed by atoms with Crippen LogP contribution in [-0.2, 0) is 4.74 Å². The third kappa shape index (κ3) is 6.28. The standard InChI is InChI=1S/C24H27N5O4/c1-28(2)14-15-33-24(31)27-19-11-9-17(10-12-19)23(30)29(25)20-7-4-6-18(16-20)21-8-5-13-26-22(21)32-3/h4-13,16H,14-15,25H2,1-3H3,(H,27,31). The van der Waals surface area contributed by atoms with Gasteiger partial charge >= 0.3 is 6.09 Å². The molecule has 1 heterocycles. The van der Waals surface area contributed by atoms with Crippen molar-refractivity contribution in [3.05, 3.63) is 72.4 Å². The van der Waals surface area contributed by atoms with E-state index in [4.69, 9.17) is 15.3 Å². The zero-order valence-corrected chi connectivity index (χ0v) is 18.8. The average molecular weight is 450 g/mol. The van der Waals surface area contributed by atoms with Crippen LogP contribution in [0.1, 0.15) is 10.4 Å². The normalized spacial score (nSPS) is 10.6. The molecular formula is C24H27N5O4. The minimum atomic E-state index is -0.556. The Morgan fingerprint density at radius 1 is 1.06 bits per heavy atom. The SMILES string of the molecule is COc1ncccc1-c1cccc(N(N)C(=O)c2ccc(NC(=O)OCCN(C)C)cc2)c1. The number of benzene rings is 2. The molecule has 0 unspecified atom stereocenters. The first kappa shape index (κ1) is 23.7. The van der Waals surface area contributed by atoms with Gasteiger partial charge in [0.25, 0.3) is 5.91 Å². The highest BCUT2D eigenvalue weighted by Gasteiger charge is 2.16. The first-order chi connectivity index (χ1) is 15.9. The van der Waals surface area contributed by atoms with E-state index in [1.54, 1.807) is 55.8 Å². The van der Waals surface area contributed by atoms with E-state index in [9.17, 15) is 9.59 Å². The number of rotatable bonds is 8. The van der Waals surface area contributed by atoms with E-state index in [1.807, 2.05) is 37.2 Å². The van der Waals surface area contributed by atoms with Gasteiger partial charge in [-0.05, 0) is 68.2 Å². The molecule has 0 atom stereocenters. The average Bonchev–Trinajstić information content (AvgIpc) is 2.83. The van der Waals surface area contributed by atoms with Gasteiger partial charge in [-0.15, -0.1) is 0 Å². The van der Waals surface area contributed by atoms with Gasteiger partial charge in [-0.2, -0.15) is 0 Å². The van der Waals surface area contributed by atoms with Gasteiger partial charge in [0.05, 0.1) is 12.8 Å². The molecule has 0 saturated carbocycles. The smallest absolute Gasteiger partial charge is 0.411 e. The number of hydrogen-bond acceptors (Lipinski definition) is 7. The topological polar surface area (TPSA) is 110 Å². The van der Waals surface area contributed by atoms with Crippen molar-refractivity contribution in [3.63, 3.8) is 0 Å². The molecule has 2 aromatic carbocycles. The molecule has 172 valence electrons. The molecule has 0 aliphatic rings. The van der Waals surface area contributed by atoms with E-state index in [1.165, 1.54) is 0 Å². The van der Waals surface area contributed by atoms with Gasteiger partial charge in [0, 0.05) is 29.6 Å². The molecule has 0 aliphatic heterocycles. The molecule has 3 aromatic rings. The molecule has 1 aromatic heterocycles. The maximum absolute atomic E-state index is 12.9. The molecule has 33 heavy (non-hydrogen) atoms. The summed E-state index contributed by atoms with van der Waals surface area (Å²) in [6.45, 7) is 0.906. The Kier molecular flexibility index (Phi) is 7.96. The minimum Gasteiger partial charge on any atom is -0.481 e. The van der Waals surface area contributed by atoms with E-state index in [2.05, 4.69) is 10.3 Å². The first-order valence-electron chi connectivity index (χ1n) is 10.3. The van der Waals surface area contributed by atoms with Crippen LogP contribution in [0.4, 0.5) is 16.2 Å².